The molecular weight excluding hydrogens is 260 g/mol. The number of aliphatic carboxylic acids is 1. The summed E-state index contributed by atoms with van der Waals surface area (Å²) in [5.74, 6) is -1.38. The van der Waals surface area contributed by atoms with Crippen LogP contribution in [-0.2, 0) is 9.53 Å². The van der Waals surface area contributed by atoms with Gasteiger partial charge in [-0.15, -0.1) is 0 Å². The number of rotatable bonds is 6. The topological polar surface area (TPSA) is 87.7 Å². The van der Waals surface area contributed by atoms with Gasteiger partial charge in [-0.25, -0.2) is 4.79 Å². The molecule has 3 N–H and O–H groups in total. The van der Waals surface area contributed by atoms with Crippen molar-refractivity contribution in [3.63, 3.8) is 0 Å². The number of carbonyl (C=O) groups excluding carboxylic acids is 1. The van der Waals surface area contributed by atoms with Crippen LogP contribution in [-0.4, -0.2) is 41.9 Å². The molecule has 116 valence electrons. The lowest BCUT2D eigenvalue weighted by Gasteiger charge is -2.35. The molecule has 1 heterocycles. The molecule has 20 heavy (non-hydrogen) atoms. The van der Waals surface area contributed by atoms with Crippen molar-refractivity contribution in [1.82, 2.24) is 10.6 Å². The molecule has 0 bridgehead atoms. The number of nitrogens with one attached hydrogen (secondary N) is 2. The van der Waals surface area contributed by atoms with E-state index in [4.69, 9.17) is 9.84 Å². The van der Waals surface area contributed by atoms with Gasteiger partial charge in [-0.05, 0) is 33.1 Å². The summed E-state index contributed by atoms with van der Waals surface area (Å²) in [5, 5.41) is 14.6. The Hall–Kier alpha value is -1.30. The number of carboxylic acid groups (broad SMARTS) is 1. The number of carbonyl (C=O) groups is 2. The molecule has 0 aromatic heterocycles. The van der Waals surface area contributed by atoms with Crippen LogP contribution in [0.5, 0.6) is 0 Å². The summed E-state index contributed by atoms with van der Waals surface area (Å²) in [6.45, 7) is 6.73. The summed E-state index contributed by atoms with van der Waals surface area (Å²) in [4.78, 5) is 22.8. The van der Waals surface area contributed by atoms with Crippen LogP contribution >= 0.6 is 0 Å². The van der Waals surface area contributed by atoms with E-state index >= 15 is 0 Å². The maximum atomic E-state index is 11.8. The molecule has 1 saturated heterocycles. The van der Waals surface area contributed by atoms with Gasteiger partial charge in [-0.2, -0.15) is 0 Å². The minimum atomic E-state index is -0.862. The van der Waals surface area contributed by atoms with E-state index < -0.39 is 11.9 Å². The Bertz CT molecular complexity index is 344. The monoisotopic (exact) mass is 286 g/mol. The Morgan fingerprint density at radius 2 is 2.15 bits per heavy atom. The molecule has 0 aromatic carbocycles. The van der Waals surface area contributed by atoms with Crippen LogP contribution in [0.1, 0.15) is 46.5 Å². The van der Waals surface area contributed by atoms with Crippen molar-refractivity contribution in [3.8, 4) is 0 Å². The van der Waals surface area contributed by atoms with Gasteiger partial charge in [0.05, 0.1) is 11.5 Å². The first-order chi connectivity index (χ1) is 9.34. The summed E-state index contributed by atoms with van der Waals surface area (Å²) in [5.41, 5.74) is -0.220. The van der Waals surface area contributed by atoms with Crippen molar-refractivity contribution in [3.05, 3.63) is 0 Å². The highest BCUT2D eigenvalue weighted by Crippen LogP contribution is 2.23. The highest BCUT2D eigenvalue weighted by Gasteiger charge is 2.29. The van der Waals surface area contributed by atoms with Crippen LogP contribution in [0.25, 0.3) is 0 Å². The number of amides is 2. The number of ether oxygens (including phenoxy) is 1. The number of urea groups is 1. The van der Waals surface area contributed by atoms with E-state index in [0.29, 0.717) is 13.0 Å². The third-order valence-electron chi connectivity index (χ3n) is 3.53. The molecule has 2 atom stereocenters. The molecule has 0 saturated carbocycles. The van der Waals surface area contributed by atoms with E-state index in [1.807, 2.05) is 20.8 Å². The van der Waals surface area contributed by atoms with E-state index in [9.17, 15) is 9.59 Å². The quantitative estimate of drug-likeness (QED) is 0.694. The minimum Gasteiger partial charge on any atom is -0.481 e. The number of hydrogen-bond donors (Lipinski definition) is 3. The van der Waals surface area contributed by atoms with Crippen LogP contribution < -0.4 is 10.6 Å². The molecule has 2 unspecified atom stereocenters. The summed E-state index contributed by atoms with van der Waals surface area (Å²) in [6, 6.07) is -0.219. The summed E-state index contributed by atoms with van der Waals surface area (Å²) >= 11 is 0. The second-order valence-corrected chi connectivity index (χ2v) is 5.98. The van der Waals surface area contributed by atoms with Gasteiger partial charge in [-0.3, -0.25) is 4.79 Å². The second kappa shape index (κ2) is 7.47. The number of carboxylic acids is 1. The zero-order valence-corrected chi connectivity index (χ0v) is 12.6. The van der Waals surface area contributed by atoms with E-state index in [1.54, 1.807) is 0 Å². The molecule has 2 amide bonds. The smallest absolute Gasteiger partial charge is 0.315 e. The lowest BCUT2D eigenvalue weighted by atomic mass is 9.94. The standard InChI is InChI=1S/C14H26N2O4/c1-4-5-10(12(17)18)9-15-13(19)16-11-6-7-20-14(2,3)8-11/h10-11H,4-9H2,1-3H3,(H,17,18)(H2,15,16,19). The predicted octanol–water partition coefficient (Wildman–Crippen LogP) is 1.74. The lowest BCUT2D eigenvalue weighted by Crippen LogP contribution is -2.49. The van der Waals surface area contributed by atoms with Crippen LogP contribution in [0, 0.1) is 5.92 Å². The third kappa shape index (κ3) is 5.77. The normalized spacial score (nSPS) is 22.9. The van der Waals surface area contributed by atoms with Crippen LogP contribution in [0.15, 0.2) is 0 Å². The van der Waals surface area contributed by atoms with Crippen molar-refractivity contribution in [2.45, 2.75) is 58.1 Å². The van der Waals surface area contributed by atoms with Crippen LogP contribution in [0.2, 0.25) is 0 Å². The molecule has 0 spiro atoms. The fourth-order valence-corrected chi connectivity index (χ4v) is 2.47. The van der Waals surface area contributed by atoms with Gasteiger partial charge in [0.15, 0.2) is 0 Å². The zero-order valence-electron chi connectivity index (χ0n) is 12.6. The van der Waals surface area contributed by atoms with Crippen molar-refractivity contribution in [2.75, 3.05) is 13.2 Å². The second-order valence-electron chi connectivity index (χ2n) is 5.98. The van der Waals surface area contributed by atoms with Gasteiger partial charge >= 0.3 is 12.0 Å². The third-order valence-corrected chi connectivity index (χ3v) is 3.53. The summed E-state index contributed by atoms with van der Waals surface area (Å²) in [6.07, 6.45) is 2.90. The van der Waals surface area contributed by atoms with E-state index in [2.05, 4.69) is 10.6 Å². The zero-order chi connectivity index (χ0) is 15.2. The largest absolute Gasteiger partial charge is 0.481 e. The highest BCUT2D eigenvalue weighted by molar-refractivity contribution is 5.76. The molecule has 6 nitrogen and oxygen atoms in total. The molecule has 1 aliphatic rings. The van der Waals surface area contributed by atoms with Gasteiger partial charge in [-0.1, -0.05) is 13.3 Å². The van der Waals surface area contributed by atoms with E-state index in [-0.39, 0.29) is 24.2 Å². The first-order valence-electron chi connectivity index (χ1n) is 7.25. The molecule has 1 aliphatic heterocycles. The minimum absolute atomic E-state index is 0.0770. The van der Waals surface area contributed by atoms with Crippen LogP contribution in [0.3, 0.4) is 0 Å². The van der Waals surface area contributed by atoms with E-state index in [1.165, 1.54) is 0 Å². The average Bonchev–Trinajstić information content (AvgIpc) is 2.32. The van der Waals surface area contributed by atoms with Crippen molar-refractivity contribution >= 4 is 12.0 Å². The van der Waals surface area contributed by atoms with Crippen molar-refractivity contribution < 1.29 is 19.4 Å². The molecular formula is C14H26N2O4. The molecule has 1 fully saturated rings. The highest BCUT2D eigenvalue weighted by atomic mass is 16.5. The number of hydrogen-bond acceptors (Lipinski definition) is 3. The predicted molar refractivity (Wildman–Crippen MR) is 75.6 cm³/mol. The van der Waals surface area contributed by atoms with Gasteiger partial charge in [0, 0.05) is 19.2 Å². The van der Waals surface area contributed by atoms with Gasteiger partial charge in [0.25, 0.3) is 0 Å². The Morgan fingerprint density at radius 3 is 2.70 bits per heavy atom. The summed E-state index contributed by atoms with van der Waals surface area (Å²) < 4.78 is 5.59. The van der Waals surface area contributed by atoms with Gasteiger partial charge < -0.3 is 20.5 Å². The van der Waals surface area contributed by atoms with Crippen molar-refractivity contribution in [1.29, 1.82) is 0 Å². The van der Waals surface area contributed by atoms with Gasteiger partial charge in [0.2, 0.25) is 0 Å². The SMILES string of the molecule is CCCC(CNC(=O)NC1CCOC(C)(C)C1)C(=O)O. The Kier molecular flexibility index (Phi) is 6.26. The first-order valence-corrected chi connectivity index (χ1v) is 7.25. The Balaban J connectivity index is 2.34. The maximum Gasteiger partial charge on any atom is 0.315 e. The maximum absolute atomic E-state index is 11.8. The van der Waals surface area contributed by atoms with Crippen molar-refractivity contribution in [2.24, 2.45) is 5.92 Å². The van der Waals surface area contributed by atoms with Gasteiger partial charge in [0.1, 0.15) is 0 Å². The Morgan fingerprint density at radius 1 is 1.45 bits per heavy atom. The average molecular weight is 286 g/mol. The fraction of sp³-hybridized carbons (Fsp3) is 0.857. The fourth-order valence-electron chi connectivity index (χ4n) is 2.47. The van der Waals surface area contributed by atoms with Crippen LogP contribution in [0.4, 0.5) is 4.79 Å². The summed E-state index contributed by atoms with van der Waals surface area (Å²) in [7, 11) is 0. The molecule has 1 rings (SSSR count). The lowest BCUT2D eigenvalue weighted by molar-refractivity contribution is -0.141. The molecule has 0 radical (unpaired) electrons. The Labute approximate surface area is 120 Å². The van der Waals surface area contributed by atoms with E-state index in [0.717, 1.165) is 19.3 Å². The molecule has 0 aliphatic carbocycles. The first kappa shape index (κ1) is 16.8. The molecule has 0 aromatic rings. The molecule has 6 heteroatoms.